The lowest BCUT2D eigenvalue weighted by Crippen LogP contribution is -2.44. The molecular formula is C11H15BrN2. The van der Waals surface area contributed by atoms with Gasteiger partial charge in [-0.1, -0.05) is 22.9 Å². The van der Waals surface area contributed by atoms with E-state index < -0.39 is 0 Å². The monoisotopic (exact) mass is 254 g/mol. The summed E-state index contributed by atoms with van der Waals surface area (Å²) < 4.78 is 1.12. The summed E-state index contributed by atoms with van der Waals surface area (Å²) in [5.41, 5.74) is 2.56. The molecule has 0 aromatic heterocycles. The van der Waals surface area contributed by atoms with Crippen molar-refractivity contribution in [2.24, 2.45) is 0 Å². The molecule has 2 rings (SSSR count). The highest BCUT2D eigenvalue weighted by Gasteiger charge is 2.26. The number of hydrogen-bond donors (Lipinski definition) is 2. The van der Waals surface area contributed by atoms with E-state index >= 15 is 0 Å². The van der Waals surface area contributed by atoms with Crippen molar-refractivity contribution in [3.8, 4) is 0 Å². The summed E-state index contributed by atoms with van der Waals surface area (Å²) in [5, 5.41) is 7.02. The number of anilines is 2. The van der Waals surface area contributed by atoms with Crippen LogP contribution in [0.2, 0.25) is 0 Å². The van der Waals surface area contributed by atoms with Gasteiger partial charge in [-0.05, 0) is 31.5 Å². The van der Waals surface area contributed by atoms with Crippen molar-refractivity contribution in [3.05, 3.63) is 22.7 Å². The van der Waals surface area contributed by atoms with E-state index in [1.165, 1.54) is 11.4 Å². The Balaban J connectivity index is 2.31. The minimum absolute atomic E-state index is 0.181. The Morgan fingerprint density at radius 1 is 1.43 bits per heavy atom. The molecule has 0 saturated carbocycles. The lowest BCUT2D eigenvalue weighted by atomic mass is 9.95. The Labute approximate surface area is 93.2 Å². The second-order valence-corrected chi connectivity index (χ2v) is 5.00. The van der Waals surface area contributed by atoms with Crippen molar-refractivity contribution < 1.29 is 0 Å². The van der Waals surface area contributed by atoms with Gasteiger partial charge in [0.2, 0.25) is 0 Å². The molecule has 0 radical (unpaired) electrons. The second kappa shape index (κ2) is 3.46. The van der Waals surface area contributed by atoms with Crippen LogP contribution in [-0.4, -0.2) is 12.1 Å². The molecule has 1 aromatic rings. The van der Waals surface area contributed by atoms with Crippen molar-refractivity contribution in [2.75, 3.05) is 17.2 Å². The van der Waals surface area contributed by atoms with Gasteiger partial charge < -0.3 is 10.6 Å². The number of benzene rings is 1. The third kappa shape index (κ3) is 1.73. The molecule has 0 aliphatic carbocycles. The summed E-state index contributed by atoms with van der Waals surface area (Å²) in [5.74, 6) is 0. The van der Waals surface area contributed by atoms with Gasteiger partial charge in [0, 0.05) is 11.0 Å². The predicted octanol–water partition coefficient (Wildman–Crippen LogP) is 3.46. The summed E-state index contributed by atoms with van der Waals surface area (Å²) in [6.07, 6.45) is 1.12. The average molecular weight is 255 g/mol. The summed E-state index contributed by atoms with van der Waals surface area (Å²) in [4.78, 5) is 0. The fraction of sp³-hybridized carbons (Fsp3) is 0.455. The Bertz CT molecular complexity index is 351. The van der Waals surface area contributed by atoms with Crippen LogP contribution >= 0.6 is 15.9 Å². The molecule has 0 amide bonds. The van der Waals surface area contributed by atoms with E-state index in [-0.39, 0.29) is 5.54 Å². The standard InChI is InChI=1S/C11H15BrN2/c1-3-11(2)7-13-10-6-8(12)4-5-9(10)14-11/h4-6,13-14H,3,7H2,1-2H3. The number of nitrogens with one attached hydrogen (secondary N) is 2. The van der Waals surface area contributed by atoms with Crippen LogP contribution in [-0.2, 0) is 0 Å². The zero-order valence-corrected chi connectivity index (χ0v) is 10.1. The van der Waals surface area contributed by atoms with Crippen molar-refractivity contribution >= 4 is 27.3 Å². The average Bonchev–Trinajstić information content (AvgIpc) is 2.19. The molecule has 0 spiro atoms. The SMILES string of the molecule is CCC1(C)CNc2cc(Br)ccc2N1. The van der Waals surface area contributed by atoms with Gasteiger partial charge in [-0.25, -0.2) is 0 Å². The quantitative estimate of drug-likeness (QED) is 0.803. The third-order valence-corrected chi connectivity index (χ3v) is 3.36. The maximum atomic E-state index is 3.57. The van der Waals surface area contributed by atoms with Crippen molar-refractivity contribution in [3.63, 3.8) is 0 Å². The first kappa shape index (κ1) is 9.84. The van der Waals surface area contributed by atoms with Gasteiger partial charge in [0.25, 0.3) is 0 Å². The molecule has 3 heteroatoms. The number of rotatable bonds is 1. The normalized spacial score (nSPS) is 24.8. The topological polar surface area (TPSA) is 24.1 Å². The molecule has 0 bridgehead atoms. The van der Waals surface area contributed by atoms with Gasteiger partial charge in [-0.15, -0.1) is 0 Å². The fourth-order valence-electron chi connectivity index (χ4n) is 1.64. The number of hydrogen-bond acceptors (Lipinski definition) is 2. The van der Waals surface area contributed by atoms with E-state index in [9.17, 15) is 0 Å². The maximum Gasteiger partial charge on any atom is 0.0588 e. The Morgan fingerprint density at radius 3 is 2.93 bits per heavy atom. The molecule has 0 fully saturated rings. The van der Waals surface area contributed by atoms with Gasteiger partial charge in [-0.2, -0.15) is 0 Å². The highest BCUT2D eigenvalue weighted by atomic mass is 79.9. The van der Waals surface area contributed by atoms with E-state index in [1.54, 1.807) is 0 Å². The number of halogens is 1. The van der Waals surface area contributed by atoms with Crippen molar-refractivity contribution in [1.29, 1.82) is 0 Å². The zero-order chi connectivity index (χ0) is 10.2. The van der Waals surface area contributed by atoms with Crippen LogP contribution in [0.25, 0.3) is 0 Å². The molecule has 2 nitrogen and oxygen atoms in total. The van der Waals surface area contributed by atoms with Crippen molar-refractivity contribution in [2.45, 2.75) is 25.8 Å². The van der Waals surface area contributed by atoms with E-state index in [2.05, 4.69) is 58.6 Å². The highest BCUT2D eigenvalue weighted by molar-refractivity contribution is 9.10. The lowest BCUT2D eigenvalue weighted by Gasteiger charge is -2.37. The molecule has 2 N–H and O–H groups in total. The summed E-state index contributed by atoms with van der Waals surface area (Å²) in [6, 6.07) is 6.28. The molecule has 0 saturated heterocycles. The third-order valence-electron chi connectivity index (χ3n) is 2.87. The van der Waals surface area contributed by atoms with E-state index in [0.717, 1.165) is 17.4 Å². The second-order valence-electron chi connectivity index (χ2n) is 4.08. The van der Waals surface area contributed by atoms with Crippen LogP contribution in [0, 0.1) is 0 Å². The Morgan fingerprint density at radius 2 is 2.21 bits per heavy atom. The van der Waals surface area contributed by atoms with Gasteiger partial charge in [0.05, 0.1) is 16.9 Å². The molecular weight excluding hydrogens is 240 g/mol. The first-order chi connectivity index (χ1) is 6.63. The Hall–Kier alpha value is -0.700. The zero-order valence-electron chi connectivity index (χ0n) is 8.52. The molecule has 1 aromatic carbocycles. The smallest absolute Gasteiger partial charge is 0.0588 e. The fourth-order valence-corrected chi connectivity index (χ4v) is 2.01. The van der Waals surface area contributed by atoms with Crippen LogP contribution in [0.4, 0.5) is 11.4 Å². The van der Waals surface area contributed by atoms with Crippen LogP contribution in [0.3, 0.4) is 0 Å². The van der Waals surface area contributed by atoms with E-state index in [4.69, 9.17) is 0 Å². The lowest BCUT2D eigenvalue weighted by molar-refractivity contribution is 0.513. The van der Waals surface area contributed by atoms with Gasteiger partial charge in [0.1, 0.15) is 0 Å². The molecule has 1 aliphatic rings. The molecule has 1 unspecified atom stereocenters. The van der Waals surface area contributed by atoms with E-state index in [1.807, 2.05) is 0 Å². The van der Waals surface area contributed by atoms with Crippen LogP contribution < -0.4 is 10.6 Å². The van der Waals surface area contributed by atoms with Crippen LogP contribution in [0.1, 0.15) is 20.3 Å². The minimum atomic E-state index is 0.181. The first-order valence-corrected chi connectivity index (χ1v) is 5.74. The van der Waals surface area contributed by atoms with Gasteiger partial charge in [0.15, 0.2) is 0 Å². The summed E-state index contributed by atoms with van der Waals surface area (Å²) >= 11 is 3.47. The maximum absolute atomic E-state index is 3.57. The molecule has 1 aliphatic heterocycles. The van der Waals surface area contributed by atoms with Crippen molar-refractivity contribution in [1.82, 2.24) is 0 Å². The molecule has 14 heavy (non-hydrogen) atoms. The van der Waals surface area contributed by atoms with Gasteiger partial charge >= 0.3 is 0 Å². The first-order valence-electron chi connectivity index (χ1n) is 4.94. The van der Waals surface area contributed by atoms with Crippen LogP contribution in [0.15, 0.2) is 22.7 Å². The minimum Gasteiger partial charge on any atom is -0.381 e. The van der Waals surface area contributed by atoms with Crippen LogP contribution in [0.5, 0.6) is 0 Å². The van der Waals surface area contributed by atoms with Gasteiger partial charge in [-0.3, -0.25) is 0 Å². The molecule has 1 atom stereocenters. The largest absolute Gasteiger partial charge is 0.381 e. The molecule has 1 heterocycles. The van der Waals surface area contributed by atoms with E-state index in [0.29, 0.717) is 0 Å². The number of fused-ring (bicyclic) bond motifs is 1. The Kier molecular flexibility index (Phi) is 2.43. The summed E-state index contributed by atoms with van der Waals surface area (Å²) in [6.45, 7) is 5.43. The highest BCUT2D eigenvalue weighted by Crippen LogP contribution is 2.33. The molecule has 76 valence electrons. The summed E-state index contributed by atoms with van der Waals surface area (Å²) in [7, 11) is 0. The predicted molar refractivity (Wildman–Crippen MR) is 65.0 cm³/mol.